The number of aryl methyl sites for hydroxylation is 1. The average Bonchev–Trinajstić information content (AvgIpc) is 3.02. The van der Waals surface area contributed by atoms with Crippen molar-refractivity contribution in [2.45, 2.75) is 13.5 Å². The molecule has 4 rings (SSSR count). The predicted molar refractivity (Wildman–Crippen MR) is 110 cm³/mol. The van der Waals surface area contributed by atoms with Gasteiger partial charge in [-0.2, -0.15) is 0 Å². The van der Waals surface area contributed by atoms with Crippen molar-refractivity contribution in [2.75, 3.05) is 0 Å². The lowest BCUT2D eigenvalue weighted by molar-refractivity contribution is 0.0971. The number of fused-ring (bicyclic) bond motifs is 1. The molecule has 0 saturated heterocycles. The molecule has 0 fully saturated rings. The molecule has 0 atom stereocenters. The Labute approximate surface area is 164 Å². The van der Waals surface area contributed by atoms with E-state index in [1.54, 1.807) is 24.3 Å². The normalized spacial score (nSPS) is 11.0. The van der Waals surface area contributed by atoms with Gasteiger partial charge in [0.15, 0.2) is 5.78 Å². The maximum absolute atomic E-state index is 13.0. The van der Waals surface area contributed by atoms with E-state index in [0.717, 1.165) is 16.0 Å². The summed E-state index contributed by atoms with van der Waals surface area (Å²) in [4.78, 5) is 31.7. The molecule has 0 amide bonds. The van der Waals surface area contributed by atoms with Crippen molar-refractivity contribution in [3.8, 4) is 10.4 Å². The highest BCUT2D eigenvalue weighted by Crippen LogP contribution is 2.35. The summed E-state index contributed by atoms with van der Waals surface area (Å²) in [6.45, 7) is 1.83. The summed E-state index contributed by atoms with van der Waals surface area (Å²) in [6.07, 6.45) is 1.43. The van der Waals surface area contributed by atoms with Crippen molar-refractivity contribution >= 4 is 38.9 Å². The van der Waals surface area contributed by atoms with Crippen molar-refractivity contribution in [1.82, 2.24) is 9.55 Å². The Morgan fingerprint density at radius 2 is 1.81 bits per heavy atom. The van der Waals surface area contributed by atoms with E-state index in [4.69, 9.17) is 11.6 Å². The Balaban J connectivity index is 1.77. The Morgan fingerprint density at radius 1 is 1.11 bits per heavy atom. The fourth-order valence-electron chi connectivity index (χ4n) is 3.06. The zero-order chi connectivity index (χ0) is 19.0. The first-order valence-electron chi connectivity index (χ1n) is 8.38. The van der Waals surface area contributed by atoms with Gasteiger partial charge < -0.3 is 0 Å². The van der Waals surface area contributed by atoms with E-state index in [-0.39, 0.29) is 17.9 Å². The van der Waals surface area contributed by atoms with E-state index in [1.165, 1.54) is 22.2 Å². The highest BCUT2D eigenvalue weighted by Gasteiger charge is 2.17. The monoisotopic (exact) mass is 394 g/mol. The van der Waals surface area contributed by atoms with Gasteiger partial charge in [0.1, 0.15) is 4.83 Å². The smallest absolute Gasteiger partial charge is 0.262 e. The summed E-state index contributed by atoms with van der Waals surface area (Å²) in [5.74, 6) is -0.222. The molecule has 134 valence electrons. The van der Waals surface area contributed by atoms with Gasteiger partial charge in [-0.05, 0) is 30.2 Å². The predicted octanol–water partition coefficient (Wildman–Crippen LogP) is 4.97. The van der Waals surface area contributed by atoms with Crippen LogP contribution in [-0.4, -0.2) is 15.3 Å². The number of carbonyl (C=O) groups is 1. The number of hydrogen-bond donors (Lipinski definition) is 0. The van der Waals surface area contributed by atoms with Crippen LogP contribution in [0.2, 0.25) is 5.02 Å². The molecule has 2 aromatic carbocycles. The molecule has 2 heterocycles. The number of halogens is 1. The van der Waals surface area contributed by atoms with E-state index < -0.39 is 0 Å². The van der Waals surface area contributed by atoms with Gasteiger partial charge in [-0.1, -0.05) is 54.1 Å². The second-order valence-electron chi connectivity index (χ2n) is 6.18. The van der Waals surface area contributed by atoms with Crippen LogP contribution < -0.4 is 5.56 Å². The molecule has 0 saturated carbocycles. The number of rotatable bonds is 4. The minimum absolute atomic E-state index is 0.0958. The van der Waals surface area contributed by atoms with Crippen LogP contribution in [-0.2, 0) is 6.54 Å². The third kappa shape index (κ3) is 3.20. The molecule has 0 spiro atoms. The van der Waals surface area contributed by atoms with Crippen LogP contribution in [0.4, 0.5) is 0 Å². The molecule has 4 aromatic rings. The lowest BCUT2D eigenvalue weighted by Crippen LogP contribution is -2.24. The largest absolute Gasteiger partial charge is 0.292 e. The minimum Gasteiger partial charge on any atom is -0.292 e. The van der Waals surface area contributed by atoms with E-state index >= 15 is 0 Å². The van der Waals surface area contributed by atoms with Gasteiger partial charge in [0.05, 0.1) is 23.3 Å². The third-order valence-electron chi connectivity index (χ3n) is 4.44. The van der Waals surface area contributed by atoms with Gasteiger partial charge in [-0.3, -0.25) is 14.2 Å². The Hall–Kier alpha value is -2.76. The number of thiophene rings is 1. The molecule has 4 nitrogen and oxygen atoms in total. The first-order chi connectivity index (χ1) is 13.1. The fraction of sp³-hybridized carbons (Fsp3) is 0.0952. The number of nitrogens with zero attached hydrogens (tertiary/aromatic N) is 2. The van der Waals surface area contributed by atoms with Crippen LogP contribution in [0.1, 0.15) is 15.9 Å². The molecule has 0 unspecified atom stereocenters. The number of benzene rings is 2. The number of hydrogen-bond acceptors (Lipinski definition) is 4. The zero-order valence-corrected chi connectivity index (χ0v) is 16.1. The van der Waals surface area contributed by atoms with Crippen LogP contribution in [0.5, 0.6) is 0 Å². The second-order valence-corrected chi connectivity index (χ2v) is 7.59. The quantitative estimate of drug-likeness (QED) is 0.459. The SMILES string of the molecule is Cc1c(-c2ccccc2)sc2ncn(CC(=O)c3ccccc3Cl)c(=O)c12. The van der Waals surface area contributed by atoms with Gasteiger partial charge in [0, 0.05) is 10.4 Å². The fourth-order valence-corrected chi connectivity index (χ4v) is 4.45. The molecule has 0 aliphatic rings. The summed E-state index contributed by atoms with van der Waals surface area (Å²) in [5.41, 5.74) is 2.13. The van der Waals surface area contributed by atoms with E-state index in [0.29, 0.717) is 20.8 Å². The molecule has 0 N–H and O–H groups in total. The van der Waals surface area contributed by atoms with Gasteiger partial charge in [0.25, 0.3) is 5.56 Å². The van der Waals surface area contributed by atoms with Gasteiger partial charge in [-0.25, -0.2) is 4.98 Å². The molecule has 27 heavy (non-hydrogen) atoms. The zero-order valence-electron chi connectivity index (χ0n) is 14.5. The highest BCUT2D eigenvalue weighted by atomic mass is 35.5. The van der Waals surface area contributed by atoms with E-state index in [1.807, 2.05) is 37.3 Å². The molecular formula is C21H15ClN2O2S. The summed E-state index contributed by atoms with van der Waals surface area (Å²) in [6, 6.07) is 16.7. The van der Waals surface area contributed by atoms with Crippen molar-refractivity contribution in [3.05, 3.63) is 87.4 Å². The van der Waals surface area contributed by atoms with Crippen molar-refractivity contribution < 1.29 is 4.79 Å². The van der Waals surface area contributed by atoms with Crippen LogP contribution in [0.3, 0.4) is 0 Å². The summed E-state index contributed by atoms with van der Waals surface area (Å²) < 4.78 is 1.35. The third-order valence-corrected chi connectivity index (χ3v) is 6.02. The van der Waals surface area contributed by atoms with E-state index in [9.17, 15) is 9.59 Å². The van der Waals surface area contributed by atoms with Gasteiger partial charge >= 0.3 is 0 Å². The van der Waals surface area contributed by atoms with Crippen LogP contribution in [0.25, 0.3) is 20.7 Å². The summed E-state index contributed by atoms with van der Waals surface area (Å²) in [5, 5.41) is 0.941. The standard InChI is InChI=1S/C21H15ClN2O2S/c1-13-18-20(27-19(13)14-7-3-2-4-8-14)23-12-24(21(18)26)11-17(25)15-9-5-6-10-16(15)22/h2-10,12H,11H2,1H3. The molecular weight excluding hydrogens is 380 g/mol. The number of ketones is 1. The van der Waals surface area contributed by atoms with Gasteiger partial charge in [-0.15, -0.1) is 11.3 Å². The number of Topliss-reactive ketones (excluding diaryl/α,β-unsaturated/α-hetero) is 1. The molecule has 2 aromatic heterocycles. The molecule has 0 aliphatic heterocycles. The topological polar surface area (TPSA) is 52.0 Å². The highest BCUT2D eigenvalue weighted by molar-refractivity contribution is 7.22. The Kier molecular flexibility index (Phi) is 4.64. The lowest BCUT2D eigenvalue weighted by Gasteiger charge is -2.06. The molecule has 0 bridgehead atoms. The van der Waals surface area contributed by atoms with Crippen LogP contribution in [0.15, 0.2) is 65.7 Å². The second kappa shape index (κ2) is 7.10. The van der Waals surface area contributed by atoms with Crippen LogP contribution >= 0.6 is 22.9 Å². The lowest BCUT2D eigenvalue weighted by atomic mass is 10.1. The first-order valence-corrected chi connectivity index (χ1v) is 9.57. The van der Waals surface area contributed by atoms with Gasteiger partial charge in [0.2, 0.25) is 0 Å². The Morgan fingerprint density at radius 3 is 2.56 bits per heavy atom. The number of carbonyl (C=O) groups excluding carboxylic acids is 1. The van der Waals surface area contributed by atoms with Crippen molar-refractivity contribution in [3.63, 3.8) is 0 Å². The van der Waals surface area contributed by atoms with Crippen LogP contribution in [0, 0.1) is 6.92 Å². The summed E-state index contributed by atoms with van der Waals surface area (Å²) >= 11 is 7.58. The van der Waals surface area contributed by atoms with Crippen molar-refractivity contribution in [2.24, 2.45) is 0 Å². The van der Waals surface area contributed by atoms with E-state index in [2.05, 4.69) is 4.98 Å². The van der Waals surface area contributed by atoms with Crippen molar-refractivity contribution in [1.29, 1.82) is 0 Å². The summed E-state index contributed by atoms with van der Waals surface area (Å²) in [7, 11) is 0. The number of aromatic nitrogens is 2. The minimum atomic E-state index is -0.222. The molecule has 6 heteroatoms. The molecule has 0 aliphatic carbocycles. The Bertz CT molecular complexity index is 1210. The average molecular weight is 395 g/mol. The first kappa shape index (κ1) is 17.6. The maximum Gasteiger partial charge on any atom is 0.262 e. The maximum atomic E-state index is 13.0. The molecule has 0 radical (unpaired) electrons.